The van der Waals surface area contributed by atoms with E-state index in [-0.39, 0.29) is 11.3 Å². The summed E-state index contributed by atoms with van der Waals surface area (Å²) in [5.41, 5.74) is 13.6. The third kappa shape index (κ3) is 2.73. The lowest BCUT2D eigenvalue weighted by atomic mass is 10.1. The van der Waals surface area contributed by atoms with Gasteiger partial charge in [0.2, 0.25) is 0 Å². The Labute approximate surface area is 120 Å². The van der Waals surface area contributed by atoms with Crippen molar-refractivity contribution in [2.75, 3.05) is 11.1 Å². The summed E-state index contributed by atoms with van der Waals surface area (Å²) in [7, 11) is 0. The maximum Gasteiger partial charge on any atom is 0.253 e. The number of anilines is 2. The Morgan fingerprint density at radius 3 is 2.85 bits per heavy atom. The van der Waals surface area contributed by atoms with E-state index in [4.69, 9.17) is 16.7 Å². The third-order valence-corrected chi connectivity index (χ3v) is 3.90. The minimum atomic E-state index is -0.632. The molecular weight excluding hydrogens is 272 g/mol. The number of nitriles is 1. The van der Waals surface area contributed by atoms with Crippen molar-refractivity contribution >= 4 is 27.9 Å². The van der Waals surface area contributed by atoms with Gasteiger partial charge in [-0.1, -0.05) is 29.8 Å². The number of nitrogen functional groups attached to an aromatic ring is 1. The molecule has 0 atom stereocenters. The molecular formula is C14H14N4OS. The van der Waals surface area contributed by atoms with Gasteiger partial charge in [0.1, 0.15) is 15.9 Å². The molecule has 1 aromatic heterocycles. The summed E-state index contributed by atoms with van der Waals surface area (Å²) >= 11 is 1.14. The molecule has 0 bridgehead atoms. The molecule has 0 aliphatic rings. The van der Waals surface area contributed by atoms with E-state index in [2.05, 4.69) is 5.32 Å². The lowest BCUT2D eigenvalue weighted by Crippen LogP contribution is -2.14. The molecule has 0 aliphatic heterocycles. The molecule has 0 saturated heterocycles. The quantitative estimate of drug-likeness (QED) is 0.801. The summed E-state index contributed by atoms with van der Waals surface area (Å²) in [5.74, 6) is -0.632. The SMILES string of the molecule is Cc1cccc(CNc2sc(C#N)c(N)c2C(N)=O)c1. The van der Waals surface area contributed by atoms with Gasteiger partial charge in [-0.3, -0.25) is 4.79 Å². The molecule has 2 aromatic rings. The van der Waals surface area contributed by atoms with Crippen molar-refractivity contribution in [2.45, 2.75) is 13.5 Å². The van der Waals surface area contributed by atoms with Crippen LogP contribution in [0.4, 0.5) is 10.7 Å². The molecule has 1 aromatic carbocycles. The smallest absolute Gasteiger partial charge is 0.253 e. The lowest BCUT2D eigenvalue weighted by Gasteiger charge is -2.06. The van der Waals surface area contributed by atoms with E-state index in [9.17, 15) is 4.79 Å². The molecule has 5 nitrogen and oxygen atoms in total. The Hall–Kier alpha value is -2.52. The summed E-state index contributed by atoms with van der Waals surface area (Å²) < 4.78 is 0. The first-order chi connectivity index (χ1) is 9.52. The average molecular weight is 286 g/mol. The van der Waals surface area contributed by atoms with Gasteiger partial charge in [-0.2, -0.15) is 5.26 Å². The third-order valence-electron chi connectivity index (χ3n) is 2.83. The van der Waals surface area contributed by atoms with E-state index in [0.29, 0.717) is 16.4 Å². The minimum absolute atomic E-state index is 0.150. The van der Waals surface area contributed by atoms with Crippen LogP contribution >= 0.6 is 11.3 Å². The van der Waals surface area contributed by atoms with Crippen LogP contribution in [-0.4, -0.2) is 5.91 Å². The fourth-order valence-corrected chi connectivity index (χ4v) is 2.82. The maximum absolute atomic E-state index is 11.4. The van der Waals surface area contributed by atoms with E-state index in [1.165, 1.54) is 0 Å². The standard InChI is InChI=1S/C14H14N4OS/c1-8-3-2-4-9(5-8)7-18-14-11(13(17)19)12(16)10(6-15)20-14/h2-5,18H,7,16H2,1H3,(H2,17,19). The second-order valence-corrected chi connectivity index (χ2v) is 5.39. The van der Waals surface area contributed by atoms with Crippen molar-refractivity contribution in [3.63, 3.8) is 0 Å². The Morgan fingerprint density at radius 2 is 2.25 bits per heavy atom. The molecule has 0 saturated carbocycles. The highest BCUT2D eigenvalue weighted by molar-refractivity contribution is 7.17. The van der Waals surface area contributed by atoms with E-state index in [1.807, 2.05) is 37.3 Å². The number of hydrogen-bond donors (Lipinski definition) is 3. The van der Waals surface area contributed by atoms with Crippen LogP contribution < -0.4 is 16.8 Å². The number of nitrogens with one attached hydrogen (secondary N) is 1. The maximum atomic E-state index is 11.4. The van der Waals surface area contributed by atoms with Crippen molar-refractivity contribution in [3.05, 3.63) is 45.8 Å². The van der Waals surface area contributed by atoms with E-state index in [0.717, 1.165) is 22.5 Å². The summed E-state index contributed by atoms with van der Waals surface area (Å²) in [4.78, 5) is 11.7. The number of amides is 1. The number of rotatable bonds is 4. The van der Waals surface area contributed by atoms with E-state index < -0.39 is 5.91 Å². The van der Waals surface area contributed by atoms with Crippen molar-refractivity contribution < 1.29 is 4.79 Å². The van der Waals surface area contributed by atoms with Crippen LogP contribution in [0.15, 0.2) is 24.3 Å². The first kappa shape index (κ1) is 13.9. The van der Waals surface area contributed by atoms with Crippen LogP contribution in [0.25, 0.3) is 0 Å². The van der Waals surface area contributed by atoms with Crippen molar-refractivity contribution in [1.82, 2.24) is 0 Å². The average Bonchev–Trinajstić information content (AvgIpc) is 2.73. The fraction of sp³-hybridized carbons (Fsp3) is 0.143. The normalized spacial score (nSPS) is 10.0. The van der Waals surface area contributed by atoms with Crippen molar-refractivity contribution in [2.24, 2.45) is 5.73 Å². The van der Waals surface area contributed by atoms with Gasteiger partial charge in [-0.25, -0.2) is 0 Å². The highest BCUT2D eigenvalue weighted by Crippen LogP contribution is 2.35. The largest absolute Gasteiger partial charge is 0.396 e. The second-order valence-electron chi connectivity index (χ2n) is 4.37. The van der Waals surface area contributed by atoms with Gasteiger partial charge < -0.3 is 16.8 Å². The molecule has 2 rings (SSSR count). The topological polar surface area (TPSA) is 105 Å². The van der Waals surface area contributed by atoms with Crippen LogP contribution in [0.5, 0.6) is 0 Å². The van der Waals surface area contributed by atoms with Crippen LogP contribution in [-0.2, 0) is 6.54 Å². The number of hydrogen-bond acceptors (Lipinski definition) is 5. The number of carbonyl (C=O) groups excluding carboxylic acids is 1. The summed E-state index contributed by atoms with van der Waals surface area (Å²) in [6, 6.07) is 9.96. The number of primary amides is 1. The Bertz CT molecular complexity index is 700. The highest BCUT2D eigenvalue weighted by Gasteiger charge is 2.19. The number of benzene rings is 1. The van der Waals surface area contributed by atoms with Crippen LogP contribution in [0.3, 0.4) is 0 Å². The first-order valence-electron chi connectivity index (χ1n) is 5.94. The summed E-state index contributed by atoms with van der Waals surface area (Å²) in [6.07, 6.45) is 0. The number of thiophene rings is 1. The second kappa shape index (κ2) is 5.63. The van der Waals surface area contributed by atoms with Crippen LogP contribution in [0, 0.1) is 18.3 Å². The molecule has 5 N–H and O–H groups in total. The highest BCUT2D eigenvalue weighted by atomic mass is 32.1. The monoisotopic (exact) mass is 286 g/mol. The molecule has 1 amide bonds. The Kier molecular flexibility index (Phi) is 3.91. The van der Waals surface area contributed by atoms with Crippen LogP contribution in [0.2, 0.25) is 0 Å². The number of aryl methyl sites for hydroxylation is 1. The zero-order valence-corrected chi connectivity index (χ0v) is 11.8. The Morgan fingerprint density at radius 1 is 1.50 bits per heavy atom. The zero-order valence-electron chi connectivity index (χ0n) is 10.9. The fourth-order valence-electron chi connectivity index (χ4n) is 1.90. The molecule has 20 heavy (non-hydrogen) atoms. The van der Waals surface area contributed by atoms with Crippen molar-refractivity contribution in [3.8, 4) is 6.07 Å². The first-order valence-corrected chi connectivity index (χ1v) is 6.76. The van der Waals surface area contributed by atoms with Gasteiger partial charge >= 0.3 is 0 Å². The van der Waals surface area contributed by atoms with Gasteiger partial charge in [-0.05, 0) is 12.5 Å². The van der Waals surface area contributed by atoms with Gasteiger partial charge in [0.25, 0.3) is 5.91 Å². The van der Waals surface area contributed by atoms with Gasteiger partial charge in [0, 0.05) is 6.54 Å². The van der Waals surface area contributed by atoms with Crippen LogP contribution in [0.1, 0.15) is 26.4 Å². The number of nitrogens with two attached hydrogens (primary N) is 2. The summed E-state index contributed by atoms with van der Waals surface area (Å²) in [6.45, 7) is 2.54. The molecule has 6 heteroatoms. The molecule has 1 heterocycles. The molecule has 102 valence electrons. The van der Waals surface area contributed by atoms with Gasteiger partial charge in [0.15, 0.2) is 0 Å². The van der Waals surface area contributed by atoms with Gasteiger partial charge in [0.05, 0.1) is 11.3 Å². The molecule has 0 radical (unpaired) electrons. The van der Waals surface area contributed by atoms with E-state index >= 15 is 0 Å². The molecule has 0 spiro atoms. The van der Waals surface area contributed by atoms with Gasteiger partial charge in [-0.15, -0.1) is 11.3 Å². The predicted molar refractivity (Wildman–Crippen MR) is 80.5 cm³/mol. The Balaban J connectivity index is 2.26. The number of nitrogens with zero attached hydrogens (tertiary/aromatic N) is 1. The van der Waals surface area contributed by atoms with Crippen molar-refractivity contribution in [1.29, 1.82) is 5.26 Å². The molecule has 0 fully saturated rings. The lowest BCUT2D eigenvalue weighted by molar-refractivity contribution is 0.100. The zero-order chi connectivity index (χ0) is 14.7. The molecule has 0 aliphatic carbocycles. The summed E-state index contributed by atoms with van der Waals surface area (Å²) in [5, 5.41) is 12.6. The molecule has 0 unspecified atom stereocenters. The minimum Gasteiger partial charge on any atom is -0.396 e. The predicted octanol–water partition coefficient (Wildman–Crippen LogP) is 2.22. The van der Waals surface area contributed by atoms with E-state index in [1.54, 1.807) is 0 Å². The number of carbonyl (C=O) groups is 1.